The number of ether oxygens (including phenoxy) is 1. The lowest BCUT2D eigenvalue weighted by Gasteiger charge is -2.27. The number of rotatable bonds is 5. The van der Waals surface area contributed by atoms with E-state index >= 15 is 0 Å². The molecule has 2 rings (SSSR count). The number of amides is 1. The van der Waals surface area contributed by atoms with Gasteiger partial charge in [-0.1, -0.05) is 12.8 Å². The Kier molecular flexibility index (Phi) is 5.23. The van der Waals surface area contributed by atoms with Crippen LogP contribution in [0.15, 0.2) is 21.2 Å². The van der Waals surface area contributed by atoms with Crippen LogP contribution in [0.2, 0.25) is 0 Å². The van der Waals surface area contributed by atoms with Crippen molar-refractivity contribution in [2.75, 3.05) is 13.7 Å². The van der Waals surface area contributed by atoms with Crippen LogP contribution in [-0.2, 0) is 9.53 Å². The molecular weight excluding hydrogens is 326 g/mol. The first-order valence-corrected chi connectivity index (χ1v) is 7.54. The van der Waals surface area contributed by atoms with E-state index in [4.69, 9.17) is 4.42 Å². The zero-order valence-corrected chi connectivity index (χ0v) is 13.0. The molecule has 1 amide bonds. The maximum absolute atomic E-state index is 12.5. The van der Waals surface area contributed by atoms with Crippen molar-refractivity contribution < 1.29 is 18.7 Å². The molecule has 1 aliphatic rings. The number of furan rings is 1. The van der Waals surface area contributed by atoms with Gasteiger partial charge < -0.3 is 14.1 Å². The largest absolute Gasteiger partial charge is 0.469 e. The Bertz CT molecular complexity index is 479. The number of hydrogen-bond acceptors (Lipinski definition) is 4. The summed E-state index contributed by atoms with van der Waals surface area (Å²) in [5, 5.41) is 0. The van der Waals surface area contributed by atoms with Crippen LogP contribution in [0.25, 0.3) is 0 Å². The summed E-state index contributed by atoms with van der Waals surface area (Å²) in [5.41, 5.74) is 0. The monoisotopic (exact) mass is 343 g/mol. The highest BCUT2D eigenvalue weighted by molar-refractivity contribution is 9.10. The van der Waals surface area contributed by atoms with Crippen molar-refractivity contribution in [3.05, 3.63) is 22.6 Å². The van der Waals surface area contributed by atoms with E-state index in [2.05, 4.69) is 20.7 Å². The van der Waals surface area contributed by atoms with Gasteiger partial charge in [0.15, 0.2) is 10.4 Å². The molecule has 1 aromatic heterocycles. The smallest absolute Gasteiger partial charge is 0.307 e. The minimum Gasteiger partial charge on any atom is -0.469 e. The van der Waals surface area contributed by atoms with Gasteiger partial charge in [-0.25, -0.2) is 0 Å². The summed E-state index contributed by atoms with van der Waals surface area (Å²) in [6.07, 6.45) is 4.41. The van der Waals surface area contributed by atoms with E-state index in [9.17, 15) is 9.59 Å². The van der Waals surface area contributed by atoms with Gasteiger partial charge in [0.05, 0.1) is 13.5 Å². The number of carbonyl (C=O) groups is 2. The molecule has 1 heterocycles. The quantitative estimate of drug-likeness (QED) is 0.771. The first-order chi connectivity index (χ1) is 9.61. The van der Waals surface area contributed by atoms with Crippen LogP contribution in [0.1, 0.15) is 42.7 Å². The molecule has 0 aliphatic heterocycles. The van der Waals surface area contributed by atoms with E-state index in [-0.39, 0.29) is 24.3 Å². The van der Waals surface area contributed by atoms with Gasteiger partial charge in [0.1, 0.15) is 0 Å². The molecule has 0 spiro atoms. The summed E-state index contributed by atoms with van der Waals surface area (Å²) in [6.45, 7) is 0.370. The van der Waals surface area contributed by atoms with Crippen LogP contribution in [0, 0.1) is 0 Å². The van der Waals surface area contributed by atoms with Crippen molar-refractivity contribution in [2.45, 2.75) is 38.1 Å². The number of carbonyl (C=O) groups excluding carboxylic acids is 2. The Balaban J connectivity index is 2.08. The highest BCUT2D eigenvalue weighted by atomic mass is 79.9. The topological polar surface area (TPSA) is 59.8 Å². The summed E-state index contributed by atoms with van der Waals surface area (Å²) in [5.74, 6) is -0.165. The lowest BCUT2D eigenvalue weighted by atomic mass is 10.2. The fourth-order valence-electron chi connectivity index (χ4n) is 2.55. The third-order valence-electron chi connectivity index (χ3n) is 3.59. The van der Waals surface area contributed by atoms with E-state index in [1.54, 1.807) is 17.0 Å². The Morgan fingerprint density at radius 1 is 1.40 bits per heavy atom. The number of hydrogen-bond donors (Lipinski definition) is 0. The lowest BCUT2D eigenvalue weighted by Crippen LogP contribution is -2.40. The van der Waals surface area contributed by atoms with E-state index < -0.39 is 0 Å². The normalized spacial score (nSPS) is 15.3. The molecule has 0 atom stereocenters. The lowest BCUT2D eigenvalue weighted by molar-refractivity contribution is -0.140. The summed E-state index contributed by atoms with van der Waals surface area (Å²) in [7, 11) is 1.35. The minimum absolute atomic E-state index is 0.161. The van der Waals surface area contributed by atoms with E-state index in [0.717, 1.165) is 25.7 Å². The molecule has 0 N–H and O–H groups in total. The SMILES string of the molecule is COC(=O)CCN(C(=O)c1ccc(Br)o1)C1CCCC1. The number of methoxy groups -OCH3 is 1. The predicted molar refractivity (Wildman–Crippen MR) is 76.3 cm³/mol. The van der Waals surface area contributed by atoms with Crippen LogP contribution >= 0.6 is 15.9 Å². The second-order valence-corrected chi connectivity index (χ2v) is 5.65. The molecule has 0 aromatic carbocycles. The van der Waals surface area contributed by atoms with Crippen molar-refractivity contribution in [3.8, 4) is 0 Å². The van der Waals surface area contributed by atoms with Gasteiger partial charge in [0, 0.05) is 12.6 Å². The average Bonchev–Trinajstić information content (AvgIpc) is 3.10. The first kappa shape index (κ1) is 15.1. The summed E-state index contributed by atoms with van der Waals surface area (Å²) in [6, 6.07) is 3.53. The van der Waals surface area contributed by atoms with Crippen molar-refractivity contribution in [3.63, 3.8) is 0 Å². The second kappa shape index (κ2) is 6.92. The molecule has 1 aromatic rings. The van der Waals surface area contributed by atoms with Gasteiger partial charge in [-0.05, 0) is 40.9 Å². The highest BCUT2D eigenvalue weighted by Gasteiger charge is 2.29. The van der Waals surface area contributed by atoms with E-state index in [1.165, 1.54) is 7.11 Å². The van der Waals surface area contributed by atoms with Crippen LogP contribution in [-0.4, -0.2) is 36.5 Å². The van der Waals surface area contributed by atoms with E-state index in [1.807, 2.05) is 0 Å². The molecule has 6 heteroatoms. The molecule has 0 saturated heterocycles. The average molecular weight is 344 g/mol. The van der Waals surface area contributed by atoms with Crippen LogP contribution in [0.4, 0.5) is 0 Å². The van der Waals surface area contributed by atoms with Crippen molar-refractivity contribution in [2.24, 2.45) is 0 Å². The second-order valence-electron chi connectivity index (χ2n) is 4.87. The molecule has 1 fully saturated rings. The van der Waals surface area contributed by atoms with Crippen molar-refractivity contribution in [1.82, 2.24) is 4.90 Å². The van der Waals surface area contributed by atoms with Crippen molar-refractivity contribution in [1.29, 1.82) is 0 Å². The number of nitrogens with zero attached hydrogens (tertiary/aromatic N) is 1. The zero-order valence-electron chi connectivity index (χ0n) is 11.4. The third-order valence-corrected chi connectivity index (χ3v) is 4.02. The highest BCUT2D eigenvalue weighted by Crippen LogP contribution is 2.26. The van der Waals surface area contributed by atoms with Gasteiger partial charge in [-0.2, -0.15) is 0 Å². The first-order valence-electron chi connectivity index (χ1n) is 6.75. The molecule has 20 heavy (non-hydrogen) atoms. The fraction of sp³-hybridized carbons (Fsp3) is 0.571. The molecule has 1 saturated carbocycles. The Hall–Kier alpha value is -1.30. The third kappa shape index (κ3) is 3.62. The number of halogens is 1. The van der Waals surface area contributed by atoms with Crippen LogP contribution in [0.5, 0.6) is 0 Å². The van der Waals surface area contributed by atoms with Gasteiger partial charge in [0.25, 0.3) is 5.91 Å². The zero-order chi connectivity index (χ0) is 14.5. The Labute approximate surface area is 126 Å². The minimum atomic E-state index is -0.304. The molecule has 0 bridgehead atoms. The molecular formula is C14H18BrNO4. The Morgan fingerprint density at radius 3 is 2.65 bits per heavy atom. The Morgan fingerprint density at radius 2 is 2.10 bits per heavy atom. The van der Waals surface area contributed by atoms with Gasteiger partial charge >= 0.3 is 5.97 Å². The number of esters is 1. The van der Waals surface area contributed by atoms with Crippen LogP contribution < -0.4 is 0 Å². The molecule has 0 radical (unpaired) electrons. The maximum Gasteiger partial charge on any atom is 0.307 e. The van der Waals surface area contributed by atoms with Crippen molar-refractivity contribution >= 4 is 27.8 Å². The summed E-state index contributed by atoms with van der Waals surface area (Å²) >= 11 is 3.19. The molecule has 5 nitrogen and oxygen atoms in total. The molecule has 0 unspecified atom stereocenters. The predicted octanol–water partition coefficient (Wildman–Crippen LogP) is 2.99. The molecule has 1 aliphatic carbocycles. The maximum atomic E-state index is 12.5. The summed E-state index contributed by atoms with van der Waals surface area (Å²) in [4.78, 5) is 25.6. The summed E-state index contributed by atoms with van der Waals surface area (Å²) < 4.78 is 10.5. The van der Waals surface area contributed by atoms with Gasteiger partial charge in [-0.3, -0.25) is 9.59 Å². The van der Waals surface area contributed by atoms with Gasteiger partial charge in [-0.15, -0.1) is 0 Å². The van der Waals surface area contributed by atoms with Crippen LogP contribution in [0.3, 0.4) is 0 Å². The van der Waals surface area contributed by atoms with Gasteiger partial charge in [0.2, 0.25) is 0 Å². The molecule has 110 valence electrons. The van der Waals surface area contributed by atoms with E-state index in [0.29, 0.717) is 17.0 Å². The fourth-order valence-corrected chi connectivity index (χ4v) is 2.86. The standard InChI is InChI=1S/C14H18BrNO4/c1-19-13(17)8-9-16(10-4-2-3-5-10)14(18)11-6-7-12(15)20-11/h6-7,10H,2-5,8-9H2,1H3.